The highest BCUT2D eigenvalue weighted by molar-refractivity contribution is 6.06. The zero-order valence-electron chi connectivity index (χ0n) is 14.4. The Balaban J connectivity index is 0.00000151. The first-order chi connectivity index (χ1) is 12.1. The first-order valence-electron chi connectivity index (χ1n) is 7.80. The fourth-order valence-corrected chi connectivity index (χ4v) is 1.74. The Morgan fingerprint density at radius 3 is 1.64 bits per heavy atom. The van der Waals surface area contributed by atoms with E-state index in [9.17, 15) is 9.59 Å². The van der Waals surface area contributed by atoms with Gasteiger partial charge in [-0.15, -0.1) is 0 Å². The second-order valence-corrected chi connectivity index (χ2v) is 4.59. The molecule has 2 aromatic rings. The molecule has 0 aliphatic carbocycles. The van der Waals surface area contributed by atoms with Crippen LogP contribution in [-0.2, 0) is 9.59 Å². The van der Waals surface area contributed by atoms with Crippen LogP contribution in [0.5, 0.6) is 11.5 Å². The number of anilines is 2. The predicted octanol–water partition coefficient (Wildman–Crippen LogP) is 3.56. The van der Waals surface area contributed by atoms with Crippen LogP contribution >= 0.6 is 0 Å². The van der Waals surface area contributed by atoms with Crippen molar-refractivity contribution in [3.05, 3.63) is 60.7 Å². The van der Waals surface area contributed by atoms with Crippen molar-refractivity contribution in [3.63, 3.8) is 0 Å². The number of ether oxygens (including phenoxy) is 1. The average molecular weight is 342 g/mol. The molecule has 6 nitrogen and oxygen atoms in total. The van der Waals surface area contributed by atoms with Crippen LogP contribution in [0.1, 0.15) is 13.8 Å². The van der Waals surface area contributed by atoms with Gasteiger partial charge < -0.3 is 20.5 Å². The van der Waals surface area contributed by atoms with E-state index in [1.807, 2.05) is 13.8 Å². The molecule has 0 saturated carbocycles. The Morgan fingerprint density at radius 2 is 1.24 bits per heavy atom. The molecule has 3 N–H and O–H groups in total. The smallest absolute Gasteiger partial charge is 0.248 e. The van der Waals surface area contributed by atoms with E-state index in [1.165, 1.54) is 12.1 Å². The topological polar surface area (TPSA) is 87.7 Å². The number of carbonyl (C=O) groups excluding carboxylic acids is 2. The highest BCUT2D eigenvalue weighted by Gasteiger charge is 2.01. The third kappa shape index (κ3) is 7.22. The number of methoxy groups -OCH3 is 1. The van der Waals surface area contributed by atoms with Gasteiger partial charge in [0.1, 0.15) is 11.5 Å². The molecule has 132 valence electrons. The van der Waals surface area contributed by atoms with Crippen molar-refractivity contribution in [3.8, 4) is 11.5 Å². The minimum absolute atomic E-state index is 0.109. The number of amides is 2. The molecule has 0 saturated heterocycles. The standard InChI is InChI=1S/C17H16N2O4.C2H6/c1-23-15-8-4-13(5-9-15)19-17(22)11-10-16(21)18-12-2-6-14(20)7-3-12;1-2/h2-11,20H,1H3,(H,18,21)(H,19,22);1-2H3/b11-10-;. The maximum atomic E-state index is 11.7. The molecule has 0 radical (unpaired) electrons. The molecule has 0 atom stereocenters. The second kappa shape index (κ2) is 10.5. The molecule has 0 unspecified atom stereocenters. The molecule has 0 aliphatic heterocycles. The third-order valence-electron chi connectivity index (χ3n) is 2.88. The number of nitrogens with one attached hydrogen (secondary N) is 2. The number of hydrogen-bond acceptors (Lipinski definition) is 4. The number of benzene rings is 2. The molecular formula is C19H22N2O4. The number of hydrogen-bond donors (Lipinski definition) is 3. The lowest BCUT2D eigenvalue weighted by atomic mass is 10.3. The zero-order valence-corrected chi connectivity index (χ0v) is 14.4. The van der Waals surface area contributed by atoms with Gasteiger partial charge in [-0.3, -0.25) is 9.59 Å². The quantitative estimate of drug-likeness (QED) is 0.573. The van der Waals surface area contributed by atoms with Crippen molar-refractivity contribution in [1.82, 2.24) is 0 Å². The van der Waals surface area contributed by atoms with Crippen LogP contribution in [0.2, 0.25) is 0 Å². The van der Waals surface area contributed by atoms with Gasteiger partial charge in [0.25, 0.3) is 0 Å². The lowest BCUT2D eigenvalue weighted by Crippen LogP contribution is -2.12. The molecule has 2 rings (SSSR count). The fourth-order valence-electron chi connectivity index (χ4n) is 1.74. The predicted molar refractivity (Wildman–Crippen MR) is 98.8 cm³/mol. The summed E-state index contributed by atoms with van der Waals surface area (Å²) in [7, 11) is 1.56. The highest BCUT2D eigenvalue weighted by Crippen LogP contribution is 2.15. The molecule has 0 fully saturated rings. The lowest BCUT2D eigenvalue weighted by Gasteiger charge is -2.04. The fraction of sp³-hybridized carbons (Fsp3) is 0.158. The van der Waals surface area contributed by atoms with Crippen LogP contribution in [0.25, 0.3) is 0 Å². The van der Waals surface area contributed by atoms with Crippen molar-refractivity contribution >= 4 is 23.2 Å². The van der Waals surface area contributed by atoms with Gasteiger partial charge in [0, 0.05) is 23.5 Å². The third-order valence-corrected chi connectivity index (χ3v) is 2.88. The Morgan fingerprint density at radius 1 is 0.840 bits per heavy atom. The normalized spacial score (nSPS) is 9.72. The van der Waals surface area contributed by atoms with E-state index in [0.29, 0.717) is 17.1 Å². The summed E-state index contributed by atoms with van der Waals surface area (Å²) < 4.78 is 5.02. The van der Waals surface area contributed by atoms with E-state index in [4.69, 9.17) is 9.84 Å². The Kier molecular flexibility index (Phi) is 8.29. The Hall–Kier alpha value is -3.28. The molecule has 0 aromatic heterocycles. The molecule has 6 heteroatoms. The summed E-state index contributed by atoms with van der Waals surface area (Å²) in [5.74, 6) is -0.0687. The number of phenolic OH excluding ortho intramolecular Hbond substituents is 1. The molecule has 2 aromatic carbocycles. The second-order valence-electron chi connectivity index (χ2n) is 4.59. The summed E-state index contributed by atoms with van der Waals surface area (Å²) in [6, 6.07) is 12.8. The maximum Gasteiger partial charge on any atom is 0.248 e. The van der Waals surface area contributed by atoms with Gasteiger partial charge in [-0.05, 0) is 48.5 Å². The molecular weight excluding hydrogens is 320 g/mol. The number of carbonyl (C=O) groups is 2. The molecule has 2 amide bonds. The maximum absolute atomic E-state index is 11.7. The van der Waals surface area contributed by atoms with Gasteiger partial charge in [-0.2, -0.15) is 0 Å². The molecule has 0 aliphatic rings. The summed E-state index contributed by atoms with van der Waals surface area (Å²) in [6.07, 6.45) is 2.27. The Labute approximate surface area is 147 Å². The van der Waals surface area contributed by atoms with Crippen molar-refractivity contribution < 1.29 is 19.4 Å². The Bertz CT molecular complexity index is 707. The van der Waals surface area contributed by atoms with Crippen molar-refractivity contribution in [2.75, 3.05) is 17.7 Å². The number of aromatic hydroxyl groups is 1. The van der Waals surface area contributed by atoms with Crippen molar-refractivity contribution in [1.29, 1.82) is 0 Å². The highest BCUT2D eigenvalue weighted by atomic mass is 16.5. The van der Waals surface area contributed by atoms with E-state index in [-0.39, 0.29) is 5.75 Å². The van der Waals surface area contributed by atoms with E-state index >= 15 is 0 Å². The van der Waals surface area contributed by atoms with Gasteiger partial charge in [-0.1, -0.05) is 13.8 Å². The average Bonchev–Trinajstić information content (AvgIpc) is 2.64. The van der Waals surface area contributed by atoms with Gasteiger partial charge in [0.05, 0.1) is 7.11 Å². The van der Waals surface area contributed by atoms with Crippen LogP contribution in [0.4, 0.5) is 11.4 Å². The van der Waals surface area contributed by atoms with Crippen molar-refractivity contribution in [2.24, 2.45) is 0 Å². The SMILES string of the molecule is CC.COc1ccc(NC(=O)/C=C\C(=O)Nc2ccc(O)cc2)cc1. The minimum atomic E-state index is -0.444. The van der Waals surface area contributed by atoms with E-state index in [2.05, 4.69) is 10.6 Å². The lowest BCUT2D eigenvalue weighted by molar-refractivity contribution is -0.114. The first-order valence-corrected chi connectivity index (χ1v) is 7.80. The summed E-state index contributed by atoms with van der Waals surface area (Å²) in [4.78, 5) is 23.4. The van der Waals surface area contributed by atoms with Gasteiger partial charge in [0.15, 0.2) is 0 Å². The number of rotatable bonds is 5. The van der Waals surface area contributed by atoms with E-state index in [0.717, 1.165) is 12.2 Å². The molecule has 25 heavy (non-hydrogen) atoms. The largest absolute Gasteiger partial charge is 0.508 e. The summed E-state index contributed by atoms with van der Waals surface area (Å²) in [6.45, 7) is 4.00. The van der Waals surface area contributed by atoms with E-state index < -0.39 is 11.8 Å². The van der Waals surface area contributed by atoms with Gasteiger partial charge in [-0.25, -0.2) is 0 Å². The first kappa shape index (κ1) is 19.8. The monoisotopic (exact) mass is 342 g/mol. The van der Waals surface area contributed by atoms with Crippen LogP contribution < -0.4 is 15.4 Å². The van der Waals surface area contributed by atoms with Crippen LogP contribution in [0, 0.1) is 0 Å². The summed E-state index contributed by atoms with van der Waals surface area (Å²) >= 11 is 0. The van der Waals surface area contributed by atoms with Crippen LogP contribution in [-0.4, -0.2) is 24.0 Å². The van der Waals surface area contributed by atoms with Crippen LogP contribution in [0.3, 0.4) is 0 Å². The number of phenols is 1. The van der Waals surface area contributed by atoms with Gasteiger partial charge >= 0.3 is 0 Å². The molecule has 0 spiro atoms. The minimum Gasteiger partial charge on any atom is -0.508 e. The summed E-state index contributed by atoms with van der Waals surface area (Å²) in [5.41, 5.74) is 1.12. The van der Waals surface area contributed by atoms with Crippen LogP contribution in [0.15, 0.2) is 60.7 Å². The summed E-state index contributed by atoms with van der Waals surface area (Å²) in [5, 5.41) is 14.3. The molecule has 0 bridgehead atoms. The van der Waals surface area contributed by atoms with E-state index in [1.54, 1.807) is 43.5 Å². The molecule has 0 heterocycles. The zero-order chi connectivity index (χ0) is 18.7. The van der Waals surface area contributed by atoms with Gasteiger partial charge in [0.2, 0.25) is 11.8 Å². The van der Waals surface area contributed by atoms with Crippen molar-refractivity contribution in [2.45, 2.75) is 13.8 Å².